The maximum atomic E-state index is 11.8. The van der Waals surface area contributed by atoms with Crippen molar-refractivity contribution in [3.05, 3.63) is 0 Å². The number of carbonyl (C=O) groups is 1. The summed E-state index contributed by atoms with van der Waals surface area (Å²) < 4.78 is 0. The summed E-state index contributed by atoms with van der Waals surface area (Å²) >= 11 is 0. The van der Waals surface area contributed by atoms with Crippen molar-refractivity contribution < 1.29 is 4.79 Å². The summed E-state index contributed by atoms with van der Waals surface area (Å²) in [5.74, 6) is 1.58. The smallest absolute Gasteiger partial charge is 0.225 e. The first-order chi connectivity index (χ1) is 6.34. The number of hydrogen-bond donors (Lipinski definition) is 1. The Balaban J connectivity index is 1.73. The molecule has 3 rings (SSSR count). The molecule has 2 aliphatic heterocycles. The third kappa shape index (κ3) is 1.26. The van der Waals surface area contributed by atoms with Gasteiger partial charge in [-0.05, 0) is 31.7 Å². The molecular weight excluding hydrogens is 164 g/mol. The van der Waals surface area contributed by atoms with E-state index in [1.807, 2.05) is 0 Å². The van der Waals surface area contributed by atoms with Gasteiger partial charge in [-0.2, -0.15) is 0 Å². The molecule has 2 bridgehead atoms. The Morgan fingerprint density at radius 2 is 2.15 bits per heavy atom. The summed E-state index contributed by atoms with van der Waals surface area (Å²) in [6.07, 6.45) is 3.52. The van der Waals surface area contributed by atoms with Gasteiger partial charge in [0.15, 0.2) is 0 Å². The molecule has 1 saturated carbocycles. The first-order valence-electron chi connectivity index (χ1n) is 5.36. The zero-order valence-corrected chi connectivity index (χ0v) is 7.83. The Morgan fingerprint density at radius 1 is 1.31 bits per heavy atom. The fourth-order valence-electron chi connectivity index (χ4n) is 2.64. The lowest BCUT2D eigenvalue weighted by Gasteiger charge is -2.24. The summed E-state index contributed by atoms with van der Waals surface area (Å²) in [5.41, 5.74) is 0. The number of rotatable bonds is 1. The van der Waals surface area contributed by atoms with E-state index in [1.165, 1.54) is 6.42 Å². The van der Waals surface area contributed by atoms with E-state index >= 15 is 0 Å². The van der Waals surface area contributed by atoms with Crippen LogP contribution >= 0.6 is 0 Å². The van der Waals surface area contributed by atoms with Crippen LogP contribution in [0.4, 0.5) is 0 Å². The molecule has 3 nitrogen and oxygen atoms in total. The zero-order chi connectivity index (χ0) is 8.84. The van der Waals surface area contributed by atoms with Crippen molar-refractivity contribution in [1.82, 2.24) is 10.2 Å². The van der Waals surface area contributed by atoms with Crippen molar-refractivity contribution in [3.8, 4) is 0 Å². The van der Waals surface area contributed by atoms with Crippen LogP contribution in [0.3, 0.4) is 0 Å². The summed E-state index contributed by atoms with van der Waals surface area (Å²) in [6.45, 7) is 3.16. The number of nitrogens with one attached hydrogen (secondary N) is 1. The van der Waals surface area contributed by atoms with Crippen LogP contribution in [0.2, 0.25) is 0 Å². The maximum absolute atomic E-state index is 11.8. The van der Waals surface area contributed by atoms with Crippen LogP contribution < -0.4 is 5.32 Å². The maximum Gasteiger partial charge on any atom is 0.225 e. The number of carbonyl (C=O) groups excluding carboxylic acids is 1. The van der Waals surface area contributed by atoms with E-state index < -0.39 is 0 Å². The Bertz CT molecular complexity index is 237. The summed E-state index contributed by atoms with van der Waals surface area (Å²) in [6, 6.07) is 0.520. The highest BCUT2D eigenvalue weighted by molar-refractivity contribution is 5.81. The van der Waals surface area contributed by atoms with Gasteiger partial charge >= 0.3 is 0 Å². The average molecular weight is 180 g/mol. The molecule has 0 aromatic carbocycles. The Labute approximate surface area is 78.5 Å². The van der Waals surface area contributed by atoms with Gasteiger partial charge in [-0.3, -0.25) is 4.79 Å². The Hall–Kier alpha value is -0.570. The Kier molecular flexibility index (Phi) is 1.62. The minimum Gasteiger partial charge on any atom is -0.338 e. The molecule has 2 unspecified atom stereocenters. The second kappa shape index (κ2) is 2.71. The molecule has 1 N–H and O–H groups in total. The van der Waals surface area contributed by atoms with Crippen molar-refractivity contribution in [2.24, 2.45) is 11.8 Å². The van der Waals surface area contributed by atoms with Crippen molar-refractivity contribution >= 4 is 5.91 Å². The number of amides is 1. The quantitative estimate of drug-likeness (QED) is 0.626. The highest BCUT2D eigenvalue weighted by atomic mass is 16.2. The highest BCUT2D eigenvalue weighted by Gasteiger charge is 2.42. The monoisotopic (exact) mass is 180 g/mol. The normalized spacial score (nSPS) is 38.0. The number of hydrogen-bond acceptors (Lipinski definition) is 2. The molecule has 2 atom stereocenters. The fraction of sp³-hybridized carbons (Fsp3) is 0.900. The molecule has 3 fully saturated rings. The minimum atomic E-state index is 0.402. The van der Waals surface area contributed by atoms with Crippen molar-refractivity contribution in [2.75, 3.05) is 19.6 Å². The Morgan fingerprint density at radius 3 is 2.85 bits per heavy atom. The fourth-order valence-corrected chi connectivity index (χ4v) is 2.64. The van der Waals surface area contributed by atoms with Gasteiger partial charge < -0.3 is 10.2 Å². The molecular formula is C10H16N2O. The molecule has 1 aliphatic carbocycles. The third-order valence-electron chi connectivity index (χ3n) is 3.52. The molecule has 3 heteroatoms. The molecule has 72 valence electrons. The van der Waals surface area contributed by atoms with E-state index in [0.29, 0.717) is 17.9 Å². The van der Waals surface area contributed by atoms with E-state index in [-0.39, 0.29) is 0 Å². The standard InChI is InChI=1S/C10H16N2O/c13-10(8-1-2-8)12-6-7-3-9(12)5-11-4-7/h7-9,11H,1-6H2. The number of nitrogens with zero attached hydrogens (tertiary/aromatic N) is 1. The largest absolute Gasteiger partial charge is 0.338 e. The van der Waals surface area contributed by atoms with E-state index in [4.69, 9.17) is 0 Å². The van der Waals surface area contributed by atoms with Gasteiger partial charge in [0.05, 0.1) is 0 Å². The van der Waals surface area contributed by atoms with Crippen LogP contribution in [0.5, 0.6) is 0 Å². The second-order valence-electron chi connectivity index (χ2n) is 4.68. The van der Waals surface area contributed by atoms with Crippen LogP contribution in [-0.4, -0.2) is 36.5 Å². The molecule has 0 spiro atoms. The second-order valence-corrected chi connectivity index (χ2v) is 4.68. The molecule has 2 saturated heterocycles. The highest BCUT2D eigenvalue weighted by Crippen LogP contribution is 2.35. The van der Waals surface area contributed by atoms with Gasteiger partial charge in [0, 0.05) is 25.0 Å². The molecule has 3 aliphatic rings. The predicted molar refractivity (Wildman–Crippen MR) is 49.2 cm³/mol. The van der Waals surface area contributed by atoms with E-state index in [2.05, 4.69) is 10.2 Å². The number of likely N-dealkylation sites (tertiary alicyclic amines) is 1. The lowest BCUT2D eigenvalue weighted by atomic mass is 10.0. The first-order valence-corrected chi connectivity index (χ1v) is 5.36. The van der Waals surface area contributed by atoms with Gasteiger partial charge in [0.25, 0.3) is 0 Å². The molecule has 0 aromatic rings. The molecule has 0 radical (unpaired) electrons. The van der Waals surface area contributed by atoms with Crippen LogP contribution in [0.15, 0.2) is 0 Å². The lowest BCUT2D eigenvalue weighted by Crippen LogP contribution is -2.42. The molecule has 2 heterocycles. The van der Waals surface area contributed by atoms with Crippen LogP contribution in [0, 0.1) is 11.8 Å². The van der Waals surface area contributed by atoms with Crippen LogP contribution in [-0.2, 0) is 4.79 Å². The van der Waals surface area contributed by atoms with Crippen molar-refractivity contribution in [1.29, 1.82) is 0 Å². The van der Waals surface area contributed by atoms with E-state index in [0.717, 1.165) is 38.4 Å². The van der Waals surface area contributed by atoms with Crippen molar-refractivity contribution in [3.63, 3.8) is 0 Å². The van der Waals surface area contributed by atoms with Crippen LogP contribution in [0.1, 0.15) is 19.3 Å². The molecule has 1 amide bonds. The minimum absolute atomic E-state index is 0.402. The summed E-state index contributed by atoms with van der Waals surface area (Å²) in [5, 5.41) is 3.40. The van der Waals surface area contributed by atoms with Gasteiger partial charge in [0.2, 0.25) is 5.91 Å². The predicted octanol–water partition coefficient (Wildman–Crippen LogP) is 0.217. The number of fused-ring (bicyclic) bond motifs is 2. The van der Waals surface area contributed by atoms with Gasteiger partial charge in [-0.15, -0.1) is 0 Å². The van der Waals surface area contributed by atoms with Gasteiger partial charge in [-0.1, -0.05) is 0 Å². The zero-order valence-electron chi connectivity index (χ0n) is 7.83. The topological polar surface area (TPSA) is 32.3 Å². The van der Waals surface area contributed by atoms with Gasteiger partial charge in [-0.25, -0.2) is 0 Å². The summed E-state index contributed by atoms with van der Waals surface area (Å²) in [7, 11) is 0. The SMILES string of the molecule is O=C(C1CC1)N1CC2CNCC1C2. The molecule has 0 aromatic heterocycles. The third-order valence-corrected chi connectivity index (χ3v) is 3.52. The van der Waals surface area contributed by atoms with Crippen LogP contribution in [0.25, 0.3) is 0 Å². The van der Waals surface area contributed by atoms with E-state index in [1.54, 1.807) is 0 Å². The van der Waals surface area contributed by atoms with Gasteiger partial charge in [0.1, 0.15) is 0 Å². The number of piperidine rings is 1. The average Bonchev–Trinajstić information content (AvgIpc) is 2.93. The molecule has 13 heavy (non-hydrogen) atoms. The van der Waals surface area contributed by atoms with Crippen molar-refractivity contribution in [2.45, 2.75) is 25.3 Å². The van der Waals surface area contributed by atoms with E-state index in [9.17, 15) is 4.79 Å². The lowest BCUT2D eigenvalue weighted by molar-refractivity contribution is -0.133. The summed E-state index contributed by atoms with van der Waals surface area (Å²) in [4.78, 5) is 14.0. The first kappa shape index (κ1) is 7.80.